The van der Waals surface area contributed by atoms with Gasteiger partial charge in [-0.05, 0) is 0 Å². The van der Waals surface area contributed by atoms with Crippen molar-refractivity contribution < 1.29 is 43.4 Å². The standard InChI is InChI=1S/C12H10Ge.2C11H17.2ClH.Zr/c1-3-7-11(8-4-1)13-12-9-5-2-6-10-12;2*1-8-6-9(2)10(7-8)11(3,4)5;;;/h1-10H;2*7-8H,1-5H3;2*1H;/q;;;;;+2/p-2. The van der Waals surface area contributed by atoms with Gasteiger partial charge >= 0.3 is 231 Å². The zero-order valence-electron chi connectivity index (χ0n) is 24.8. The quantitative estimate of drug-likeness (QED) is 0.433. The van der Waals surface area contributed by atoms with Crippen LogP contribution in [0, 0.1) is 22.7 Å². The summed E-state index contributed by atoms with van der Waals surface area (Å²) in [6.07, 6.45) is 5.26. The first-order valence-corrected chi connectivity index (χ1v) is 25.5. The Labute approximate surface area is 253 Å². The minimum absolute atomic E-state index is 0. The SMILES string of the molecule is CC1=[C]([Zr+2]([C]2=C(C)C(C(C)(C)C)=CC2C)=[Ge]([c]2ccccc2)[c]2ccccc2)C(C)C=C1C(C)(C)C.[Cl-].[Cl-]. The summed E-state index contributed by atoms with van der Waals surface area (Å²) in [7, 11) is -1.86. The molecule has 2 atom stereocenters. The van der Waals surface area contributed by atoms with Gasteiger partial charge in [-0.25, -0.2) is 0 Å². The molecule has 0 bridgehead atoms. The normalized spacial score (nSPS) is 19.3. The van der Waals surface area contributed by atoms with Gasteiger partial charge in [-0.3, -0.25) is 0 Å². The Hall–Kier alpha value is -0.594. The molecule has 4 rings (SSSR count). The summed E-state index contributed by atoms with van der Waals surface area (Å²) in [5.41, 5.74) is 6.83. The third-order valence-electron chi connectivity index (χ3n) is 7.89. The number of hydrogen-bond acceptors (Lipinski definition) is 0. The molecular formula is C34H44Cl2GeZr. The Morgan fingerprint density at radius 1 is 0.579 bits per heavy atom. The Balaban J connectivity index is 0.00000253. The maximum absolute atomic E-state index is 2.63. The molecule has 2 aromatic rings. The second kappa shape index (κ2) is 12.9. The molecule has 0 nitrogen and oxygen atoms in total. The van der Waals surface area contributed by atoms with Gasteiger partial charge in [0.25, 0.3) is 0 Å². The summed E-state index contributed by atoms with van der Waals surface area (Å²) in [6, 6.07) is 23.4. The predicted octanol–water partition coefficient (Wildman–Crippen LogP) is 2.21. The summed E-state index contributed by atoms with van der Waals surface area (Å²) in [6.45, 7) is 24.3. The van der Waals surface area contributed by atoms with Crippen LogP contribution in [0.2, 0.25) is 0 Å². The third kappa shape index (κ3) is 6.65. The Morgan fingerprint density at radius 2 is 0.895 bits per heavy atom. The van der Waals surface area contributed by atoms with Crippen molar-refractivity contribution in [2.75, 3.05) is 0 Å². The molecule has 0 heterocycles. The van der Waals surface area contributed by atoms with Crippen LogP contribution in [-0.4, -0.2) is 9.98 Å². The molecule has 0 radical (unpaired) electrons. The molecule has 0 aliphatic heterocycles. The van der Waals surface area contributed by atoms with Gasteiger partial charge in [-0.1, -0.05) is 0 Å². The molecular weight excluding hydrogens is 643 g/mol. The van der Waals surface area contributed by atoms with E-state index in [1.165, 1.54) is 0 Å². The topological polar surface area (TPSA) is 0 Å². The fourth-order valence-corrected chi connectivity index (χ4v) is 46.4. The van der Waals surface area contributed by atoms with Crippen LogP contribution in [0.25, 0.3) is 0 Å². The molecule has 0 saturated heterocycles. The van der Waals surface area contributed by atoms with Crippen LogP contribution in [0.15, 0.2) is 102 Å². The first-order valence-electron chi connectivity index (χ1n) is 13.5. The van der Waals surface area contributed by atoms with Crippen molar-refractivity contribution in [1.82, 2.24) is 0 Å². The van der Waals surface area contributed by atoms with Crippen LogP contribution in [-0.2, 0) is 18.6 Å². The van der Waals surface area contributed by atoms with E-state index in [4.69, 9.17) is 0 Å². The molecule has 2 aromatic carbocycles. The fraction of sp³-hybridized carbons (Fsp3) is 0.412. The van der Waals surface area contributed by atoms with Gasteiger partial charge in [0.1, 0.15) is 0 Å². The minimum Gasteiger partial charge on any atom is -1.00 e. The average Bonchev–Trinajstić information content (AvgIpc) is 3.28. The molecule has 0 saturated carbocycles. The average molecular weight is 687 g/mol. The number of benzene rings is 2. The second-order valence-electron chi connectivity index (χ2n) is 12.8. The van der Waals surface area contributed by atoms with Gasteiger partial charge in [0.05, 0.1) is 0 Å². The van der Waals surface area contributed by atoms with Crippen molar-refractivity contribution in [1.29, 1.82) is 0 Å². The van der Waals surface area contributed by atoms with Crippen molar-refractivity contribution >= 4 is 18.8 Å². The maximum Gasteiger partial charge on any atom is -1.00 e. The molecule has 202 valence electrons. The van der Waals surface area contributed by atoms with Crippen LogP contribution < -0.4 is 33.6 Å². The molecule has 4 heteroatoms. The van der Waals surface area contributed by atoms with E-state index in [9.17, 15) is 0 Å². The van der Waals surface area contributed by atoms with E-state index in [1.54, 1.807) is 31.1 Å². The number of allylic oxidation sites excluding steroid dienone is 8. The van der Waals surface area contributed by atoms with Gasteiger partial charge in [-0.15, -0.1) is 0 Å². The molecule has 2 aliphatic carbocycles. The van der Waals surface area contributed by atoms with Crippen LogP contribution in [0.4, 0.5) is 0 Å². The first-order chi connectivity index (χ1) is 16.8. The molecule has 38 heavy (non-hydrogen) atoms. The number of halogens is 2. The summed E-state index contributed by atoms with van der Waals surface area (Å²) in [5.74, 6) is 1.10. The predicted molar refractivity (Wildman–Crippen MR) is 157 cm³/mol. The minimum atomic E-state index is -2.38. The summed E-state index contributed by atoms with van der Waals surface area (Å²) in [4.78, 5) is 0. The monoisotopic (exact) mass is 686 g/mol. The number of hydrogen-bond donors (Lipinski definition) is 0. The Bertz CT molecular complexity index is 1210. The van der Waals surface area contributed by atoms with Crippen LogP contribution in [0.1, 0.15) is 69.2 Å². The van der Waals surface area contributed by atoms with Gasteiger partial charge < -0.3 is 24.8 Å². The van der Waals surface area contributed by atoms with E-state index in [0.717, 1.165) is 0 Å². The van der Waals surface area contributed by atoms with Gasteiger partial charge in [-0.2, -0.15) is 0 Å². The molecule has 0 aromatic heterocycles. The summed E-state index contributed by atoms with van der Waals surface area (Å²) in [5, 5.41) is 0. The van der Waals surface area contributed by atoms with E-state index in [2.05, 4.69) is 142 Å². The largest absolute Gasteiger partial charge is 1.00 e. The molecule has 0 N–H and O–H groups in total. The first kappa shape index (κ1) is 33.6. The molecule has 2 unspecified atom stereocenters. The van der Waals surface area contributed by atoms with Crippen molar-refractivity contribution in [3.05, 3.63) is 102 Å². The summed E-state index contributed by atoms with van der Waals surface area (Å²) < 4.78 is 7.09. The van der Waals surface area contributed by atoms with E-state index in [-0.39, 0.29) is 35.6 Å². The van der Waals surface area contributed by atoms with Crippen molar-refractivity contribution in [3.63, 3.8) is 0 Å². The van der Waals surface area contributed by atoms with Gasteiger partial charge in [0.15, 0.2) is 0 Å². The summed E-state index contributed by atoms with van der Waals surface area (Å²) >= 11 is -2.38. The van der Waals surface area contributed by atoms with Crippen LogP contribution in [0.5, 0.6) is 0 Å². The third-order valence-corrected chi connectivity index (χ3v) is 39.9. The molecule has 0 fully saturated rings. The molecule has 2 aliphatic rings. The number of rotatable bonds is 4. The van der Waals surface area contributed by atoms with Gasteiger partial charge in [0, 0.05) is 0 Å². The zero-order valence-corrected chi connectivity index (χ0v) is 30.9. The van der Waals surface area contributed by atoms with E-state index in [1.807, 2.05) is 6.56 Å². The Kier molecular flexibility index (Phi) is 11.4. The molecule has 0 amide bonds. The van der Waals surface area contributed by atoms with Gasteiger partial charge in [0.2, 0.25) is 0 Å². The van der Waals surface area contributed by atoms with Crippen molar-refractivity contribution in [3.8, 4) is 0 Å². The molecule has 0 spiro atoms. The van der Waals surface area contributed by atoms with Crippen LogP contribution in [0.3, 0.4) is 0 Å². The Morgan fingerprint density at radius 3 is 1.16 bits per heavy atom. The van der Waals surface area contributed by atoms with Crippen LogP contribution >= 0.6 is 0 Å². The van der Waals surface area contributed by atoms with E-state index < -0.39 is 28.6 Å². The maximum atomic E-state index is 2.63. The van der Waals surface area contributed by atoms with E-state index in [0.29, 0.717) is 11.8 Å². The fourth-order valence-electron chi connectivity index (χ4n) is 6.42. The van der Waals surface area contributed by atoms with E-state index >= 15 is 0 Å². The van der Waals surface area contributed by atoms with Crippen molar-refractivity contribution in [2.45, 2.75) is 69.2 Å². The second-order valence-corrected chi connectivity index (χ2v) is 33.9. The zero-order chi connectivity index (χ0) is 26.4. The smallest absolute Gasteiger partial charge is 1.00 e. The van der Waals surface area contributed by atoms with Crippen molar-refractivity contribution in [2.24, 2.45) is 22.7 Å².